The molecule has 0 heterocycles. The molecule has 17 nitrogen and oxygen atoms in total. The quantitative estimate of drug-likeness (QED) is 0.0228. The molecule has 2 atom stereocenters. The van der Waals surface area contributed by atoms with Crippen molar-refractivity contribution in [2.24, 2.45) is 5.29 Å². The standard InChI is InChI=1S/C30H28F4N4O13P2/c31-29(32,52(46,47)48)19-8-6-16(7-9-19)12-24(36-28(44)22(10-11-25(40)41)35-27(43)17-4-2-1-3-5-17)26(42)20-14-21(30(33,34)53(49,50)51)23(37-38-45)13-18(20)15-39/h1-9,13-15,22,24H,10-12H2,(H,35,43)(H,36,44)(H,37,45)(H,40,41)(H2,46,47,48)(H2,49,50,51)/t22-,24-/m1/s1. The van der Waals surface area contributed by atoms with Crippen molar-refractivity contribution in [3.63, 3.8) is 0 Å². The number of aldehydes is 1. The Balaban J connectivity index is 2.17. The number of hydrogen-bond donors (Lipinski definition) is 8. The fourth-order valence-electron chi connectivity index (χ4n) is 4.76. The molecule has 23 heteroatoms. The van der Waals surface area contributed by atoms with Crippen molar-refractivity contribution in [1.82, 2.24) is 10.6 Å². The lowest BCUT2D eigenvalue weighted by Crippen LogP contribution is -2.52. The highest BCUT2D eigenvalue weighted by molar-refractivity contribution is 7.52. The van der Waals surface area contributed by atoms with Crippen molar-refractivity contribution in [2.75, 3.05) is 5.43 Å². The third kappa shape index (κ3) is 10.0. The number of alkyl halides is 4. The predicted octanol–water partition coefficient (Wildman–Crippen LogP) is 3.62. The molecular weight excluding hydrogens is 762 g/mol. The maximum absolute atomic E-state index is 15.0. The number of anilines is 1. The van der Waals surface area contributed by atoms with E-state index in [-0.39, 0.29) is 23.5 Å². The number of amides is 2. The van der Waals surface area contributed by atoms with Crippen LogP contribution in [-0.2, 0) is 36.5 Å². The third-order valence-electron chi connectivity index (χ3n) is 7.48. The SMILES string of the molecule is O=Cc1cc(NN=O)c(C(F)(F)P(=O)(O)O)cc1C(=O)[C@@H](Cc1ccc(C(F)(F)P(=O)(O)O)cc1)NC(=O)[C@@H](CCC(=O)O)NC(=O)c1ccccc1. The summed E-state index contributed by atoms with van der Waals surface area (Å²) in [6.45, 7) is 0. The summed E-state index contributed by atoms with van der Waals surface area (Å²) in [6.07, 6.45) is -2.14. The van der Waals surface area contributed by atoms with Crippen LogP contribution in [0.1, 0.15) is 60.6 Å². The molecule has 0 radical (unpaired) electrons. The maximum atomic E-state index is 15.0. The number of carboxylic acid groups (broad SMARTS) is 1. The van der Waals surface area contributed by atoms with Crippen molar-refractivity contribution in [3.8, 4) is 0 Å². The van der Waals surface area contributed by atoms with Gasteiger partial charge in [0, 0.05) is 35.1 Å². The van der Waals surface area contributed by atoms with Crippen molar-refractivity contribution >= 4 is 50.7 Å². The normalized spacial score (nSPS) is 13.3. The van der Waals surface area contributed by atoms with Crippen molar-refractivity contribution in [1.29, 1.82) is 0 Å². The molecular formula is C30H28F4N4O13P2. The number of ketones is 1. The van der Waals surface area contributed by atoms with Gasteiger partial charge in [-0.05, 0) is 36.2 Å². The topological polar surface area (TPSA) is 286 Å². The lowest BCUT2D eigenvalue weighted by atomic mass is 9.92. The fraction of sp³-hybridized carbons (Fsp3) is 0.233. The van der Waals surface area contributed by atoms with Gasteiger partial charge in [0.15, 0.2) is 12.1 Å². The fourth-order valence-corrected chi connectivity index (χ4v) is 5.74. The molecule has 0 unspecified atom stereocenters. The van der Waals surface area contributed by atoms with E-state index in [2.05, 4.69) is 15.9 Å². The molecule has 0 bridgehead atoms. The molecule has 2 amide bonds. The zero-order valence-electron chi connectivity index (χ0n) is 26.6. The smallest absolute Gasteiger partial charge is 0.399 e. The van der Waals surface area contributed by atoms with Crippen LogP contribution in [-0.4, -0.2) is 66.6 Å². The van der Waals surface area contributed by atoms with Crippen LogP contribution in [0.2, 0.25) is 0 Å². The summed E-state index contributed by atoms with van der Waals surface area (Å²) in [5, 5.41) is 15.9. The van der Waals surface area contributed by atoms with Crippen molar-refractivity contribution in [3.05, 3.63) is 105 Å². The lowest BCUT2D eigenvalue weighted by Gasteiger charge is -2.25. The molecule has 8 N–H and O–H groups in total. The Morgan fingerprint density at radius 2 is 1.42 bits per heavy atom. The first-order chi connectivity index (χ1) is 24.5. The molecule has 3 rings (SSSR count). The third-order valence-corrected chi connectivity index (χ3v) is 9.45. The molecule has 0 saturated carbocycles. The highest BCUT2D eigenvalue weighted by Gasteiger charge is 2.53. The van der Waals surface area contributed by atoms with Gasteiger partial charge in [-0.25, -0.2) is 5.43 Å². The Hall–Kier alpha value is -5.17. The minimum Gasteiger partial charge on any atom is -0.481 e. The molecule has 0 aromatic heterocycles. The number of halogens is 4. The van der Waals surface area contributed by atoms with Crippen LogP contribution < -0.4 is 16.1 Å². The van der Waals surface area contributed by atoms with Gasteiger partial charge >= 0.3 is 32.5 Å². The van der Waals surface area contributed by atoms with Gasteiger partial charge in [-0.2, -0.15) is 17.6 Å². The van der Waals surface area contributed by atoms with Gasteiger partial charge in [0.25, 0.3) is 5.91 Å². The second-order valence-electron chi connectivity index (χ2n) is 11.1. The number of Topliss-reactive ketones (excluding diaryl/α,β-unsaturated/α-hetero) is 1. The average Bonchev–Trinajstić information content (AvgIpc) is 3.08. The Morgan fingerprint density at radius 1 is 0.830 bits per heavy atom. The van der Waals surface area contributed by atoms with Crippen molar-refractivity contribution < 1.29 is 75.3 Å². The molecule has 53 heavy (non-hydrogen) atoms. The predicted molar refractivity (Wildman–Crippen MR) is 174 cm³/mol. The van der Waals surface area contributed by atoms with Crippen molar-refractivity contribution in [2.45, 2.75) is 42.7 Å². The number of carbonyl (C=O) groups is 5. The van der Waals surface area contributed by atoms with E-state index in [4.69, 9.17) is 9.79 Å². The van der Waals surface area contributed by atoms with E-state index < -0.39 is 109 Å². The number of nitroso groups, excluding NO2 is 1. The number of carboxylic acids is 1. The van der Waals surface area contributed by atoms with Crippen LogP contribution in [0.15, 0.2) is 72.0 Å². The van der Waals surface area contributed by atoms with Crippen LogP contribution >= 0.6 is 15.2 Å². The van der Waals surface area contributed by atoms with Gasteiger partial charge in [-0.15, -0.1) is 4.91 Å². The summed E-state index contributed by atoms with van der Waals surface area (Å²) >= 11 is 0. The minimum absolute atomic E-state index is 0.0214. The molecule has 0 aliphatic rings. The summed E-state index contributed by atoms with van der Waals surface area (Å²) in [7, 11) is -12.4. The summed E-state index contributed by atoms with van der Waals surface area (Å²) in [6, 6.07) is 6.86. The first kappa shape index (κ1) is 42.2. The van der Waals surface area contributed by atoms with E-state index in [0.717, 1.165) is 12.1 Å². The number of hydrogen-bond acceptors (Lipinski definition) is 9. The van der Waals surface area contributed by atoms with Crippen LogP contribution in [0, 0.1) is 4.91 Å². The molecule has 0 spiro atoms. The van der Waals surface area contributed by atoms with Gasteiger partial charge in [0.1, 0.15) is 6.04 Å². The average molecular weight is 791 g/mol. The van der Waals surface area contributed by atoms with E-state index in [1.165, 1.54) is 29.7 Å². The summed E-state index contributed by atoms with van der Waals surface area (Å²) in [5.74, 6) is -4.98. The van der Waals surface area contributed by atoms with Crippen LogP contribution in [0.4, 0.5) is 23.2 Å². The minimum atomic E-state index is -6.41. The number of benzene rings is 3. The first-order valence-corrected chi connectivity index (χ1v) is 17.9. The maximum Gasteiger partial charge on any atom is 0.399 e. The molecule has 0 saturated heterocycles. The number of nitrogens with zero attached hydrogens (tertiary/aromatic N) is 1. The number of carbonyl (C=O) groups excluding carboxylic acids is 4. The van der Waals surface area contributed by atoms with Crippen LogP contribution in [0.5, 0.6) is 0 Å². The van der Waals surface area contributed by atoms with Crippen LogP contribution in [0.3, 0.4) is 0 Å². The molecule has 3 aromatic carbocycles. The zero-order valence-corrected chi connectivity index (χ0v) is 28.3. The van der Waals surface area contributed by atoms with Crippen LogP contribution in [0.25, 0.3) is 0 Å². The van der Waals surface area contributed by atoms with Gasteiger partial charge in [0.05, 0.1) is 22.6 Å². The highest BCUT2D eigenvalue weighted by Crippen LogP contribution is 2.61. The highest BCUT2D eigenvalue weighted by atomic mass is 31.2. The Kier molecular flexibility index (Phi) is 13.3. The molecule has 284 valence electrons. The Labute approximate surface area is 295 Å². The molecule has 0 fully saturated rings. The second kappa shape index (κ2) is 16.7. The zero-order chi connectivity index (χ0) is 39.9. The second-order valence-corrected chi connectivity index (χ2v) is 14.4. The van der Waals surface area contributed by atoms with E-state index in [0.29, 0.717) is 18.2 Å². The Morgan fingerprint density at radius 3 is 1.92 bits per heavy atom. The summed E-state index contributed by atoms with van der Waals surface area (Å²) in [5.41, 5.74) is -14.2. The summed E-state index contributed by atoms with van der Waals surface area (Å²) in [4.78, 5) is 112. The summed E-state index contributed by atoms with van der Waals surface area (Å²) < 4.78 is 81.6. The lowest BCUT2D eigenvalue weighted by molar-refractivity contribution is -0.137. The van der Waals surface area contributed by atoms with E-state index >= 15 is 0 Å². The molecule has 0 aliphatic carbocycles. The molecule has 3 aromatic rings. The van der Waals surface area contributed by atoms with Gasteiger partial charge < -0.3 is 35.3 Å². The van der Waals surface area contributed by atoms with E-state index in [1.54, 1.807) is 6.07 Å². The van der Waals surface area contributed by atoms with Gasteiger partial charge in [-0.3, -0.25) is 33.1 Å². The van der Waals surface area contributed by atoms with E-state index in [1.807, 2.05) is 0 Å². The van der Waals surface area contributed by atoms with Gasteiger partial charge in [0.2, 0.25) is 5.91 Å². The van der Waals surface area contributed by atoms with E-state index in [9.17, 15) is 70.5 Å². The number of nitrogens with one attached hydrogen (secondary N) is 3. The largest absolute Gasteiger partial charge is 0.481 e. The monoisotopic (exact) mass is 790 g/mol. The number of aliphatic carboxylic acids is 1. The number of rotatable bonds is 18. The first-order valence-electron chi connectivity index (χ1n) is 14.7. The Bertz CT molecular complexity index is 1990. The molecule has 0 aliphatic heterocycles. The van der Waals surface area contributed by atoms with Gasteiger partial charge in [-0.1, -0.05) is 42.5 Å².